The van der Waals surface area contributed by atoms with Crippen molar-refractivity contribution in [3.8, 4) is 0 Å². The van der Waals surface area contributed by atoms with Gasteiger partial charge in [-0.05, 0) is 0 Å². The van der Waals surface area contributed by atoms with E-state index in [0.717, 1.165) is 0 Å². The SMILES string of the molecule is O=S(=O)(NCc1ncn[nH]1)c1cnn(CCO)c1. The van der Waals surface area contributed by atoms with Gasteiger partial charge in [-0.2, -0.15) is 10.2 Å². The summed E-state index contributed by atoms with van der Waals surface area (Å²) in [5.74, 6) is 0.418. The lowest BCUT2D eigenvalue weighted by molar-refractivity contribution is 0.269. The molecule has 2 aromatic rings. The number of H-pyrrole nitrogens is 1. The van der Waals surface area contributed by atoms with Gasteiger partial charge in [0.1, 0.15) is 17.0 Å². The summed E-state index contributed by atoms with van der Waals surface area (Å²) in [5, 5.41) is 18.7. The van der Waals surface area contributed by atoms with Crippen molar-refractivity contribution in [3.63, 3.8) is 0 Å². The monoisotopic (exact) mass is 272 g/mol. The van der Waals surface area contributed by atoms with E-state index in [9.17, 15) is 8.42 Å². The molecule has 0 atom stereocenters. The van der Waals surface area contributed by atoms with Gasteiger partial charge in [0.25, 0.3) is 0 Å². The number of nitrogens with zero attached hydrogens (tertiary/aromatic N) is 4. The largest absolute Gasteiger partial charge is 0.394 e. The average Bonchev–Trinajstić information content (AvgIpc) is 2.98. The summed E-state index contributed by atoms with van der Waals surface area (Å²) in [6.07, 6.45) is 3.86. The van der Waals surface area contributed by atoms with Crippen LogP contribution >= 0.6 is 0 Å². The molecule has 2 rings (SSSR count). The zero-order valence-electron chi connectivity index (χ0n) is 9.31. The fourth-order valence-electron chi connectivity index (χ4n) is 1.27. The molecule has 0 fully saturated rings. The Morgan fingerprint density at radius 2 is 2.33 bits per heavy atom. The highest BCUT2D eigenvalue weighted by Gasteiger charge is 2.16. The van der Waals surface area contributed by atoms with Crippen LogP contribution in [-0.2, 0) is 23.1 Å². The molecule has 18 heavy (non-hydrogen) atoms. The third kappa shape index (κ3) is 2.91. The third-order valence-electron chi connectivity index (χ3n) is 2.14. The maximum Gasteiger partial charge on any atom is 0.244 e. The molecule has 0 spiro atoms. The first-order valence-electron chi connectivity index (χ1n) is 5.09. The fourth-order valence-corrected chi connectivity index (χ4v) is 2.21. The van der Waals surface area contributed by atoms with Gasteiger partial charge in [-0.3, -0.25) is 9.78 Å². The van der Waals surface area contributed by atoms with Gasteiger partial charge in [0, 0.05) is 6.20 Å². The molecule has 0 aliphatic heterocycles. The second-order valence-electron chi connectivity index (χ2n) is 3.42. The number of aromatic amines is 1. The summed E-state index contributed by atoms with van der Waals surface area (Å²) in [5.41, 5.74) is 0. The Bertz CT molecular complexity index is 590. The number of aliphatic hydroxyl groups is 1. The summed E-state index contributed by atoms with van der Waals surface area (Å²) in [7, 11) is -3.64. The Morgan fingerprint density at radius 1 is 1.50 bits per heavy atom. The highest BCUT2D eigenvalue weighted by Crippen LogP contribution is 2.07. The lowest BCUT2D eigenvalue weighted by Crippen LogP contribution is -2.23. The zero-order valence-corrected chi connectivity index (χ0v) is 10.1. The molecular weight excluding hydrogens is 260 g/mol. The van der Waals surface area contributed by atoms with E-state index in [0.29, 0.717) is 5.82 Å². The van der Waals surface area contributed by atoms with Gasteiger partial charge in [-0.25, -0.2) is 18.1 Å². The molecule has 0 bridgehead atoms. The van der Waals surface area contributed by atoms with Crippen LogP contribution in [0.1, 0.15) is 5.82 Å². The Hall–Kier alpha value is -1.78. The van der Waals surface area contributed by atoms with Crippen LogP contribution in [-0.4, -0.2) is 45.1 Å². The summed E-state index contributed by atoms with van der Waals surface area (Å²) < 4.78 is 27.4. The lowest BCUT2D eigenvalue weighted by atomic mass is 10.6. The number of aromatic nitrogens is 5. The lowest BCUT2D eigenvalue weighted by Gasteiger charge is -2.01. The van der Waals surface area contributed by atoms with Crippen molar-refractivity contribution in [1.29, 1.82) is 0 Å². The molecule has 0 saturated heterocycles. The van der Waals surface area contributed by atoms with Crippen LogP contribution in [0.4, 0.5) is 0 Å². The van der Waals surface area contributed by atoms with Gasteiger partial charge in [0.05, 0.1) is 25.9 Å². The van der Waals surface area contributed by atoms with Crippen LogP contribution in [0.3, 0.4) is 0 Å². The van der Waals surface area contributed by atoms with Crippen molar-refractivity contribution in [3.05, 3.63) is 24.5 Å². The third-order valence-corrected chi connectivity index (χ3v) is 3.50. The van der Waals surface area contributed by atoms with Gasteiger partial charge in [0.15, 0.2) is 0 Å². The summed E-state index contributed by atoms with van der Waals surface area (Å²) in [6.45, 7) is 0.164. The van der Waals surface area contributed by atoms with E-state index in [-0.39, 0.29) is 24.6 Å². The molecule has 9 nitrogen and oxygen atoms in total. The van der Waals surface area contributed by atoms with E-state index in [2.05, 4.69) is 25.0 Å². The normalized spacial score (nSPS) is 11.8. The van der Waals surface area contributed by atoms with Gasteiger partial charge >= 0.3 is 0 Å². The molecule has 0 aliphatic carbocycles. The van der Waals surface area contributed by atoms with Gasteiger partial charge in [0.2, 0.25) is 10.0 Å². The van der Waals surface area contributed by atoms with E-state index in [1.807, 2.05) is 0 Å². The van der Waals surface area contributed by atoms with E-state index in [4.69, 9.17) is 5.11 Å². The molecule has 10 heteroatoms. The maximum absolute atomic E-state index is 11.9. The molecule has 0 saturated carbocycles. The highest BCUT2D eigenvalue weighted by molar-refractivity contribution is 7.89. The summed E-state index contributed by atoms with van der Waals surface area (Å²) >= 11 is 0. The number of aliphatic hydroxyl groups excluding tert-OH is 1. The molecule has 3 N–H and O–H groups in total. The van der Waals surface area contributed by atoms with Crippen LogP contribution in [0.5, 0.6) is 0 Å². The number of hydrogen-bond acceptors (Lipinski definition) is 6. The fraction of sp³-hybridized carbons (Fsp3) is 0.375. The topological polar surface area (TPSA) is 126 Å². The second-order valence-corrected chi connectivity index (χ2v) is 5.19. The van der Waals surface area contributed by atoms with Crippen molar-refractivity contribution < 1.29 is 13.5 Å². The molecule has 0 aromatic carbocycles. The molecule has 98 valence electrons. The molecule has 2 aromatic heterocycles. The minimum absolute atomic E-state index is 0.0213. The number of rotatable bonds is 6. The summed E-state index contributed by atoms with van der Waals surface area (Å²) in [6, 6.07) is 0. The van der Waals surface area contributed by atoms with Gasteiger partial charge in [-0.15, -0.1) is 0 Å². The van der Waals surface area contributed by atoms with Crippen molar-refractivity contribution in [1.82, 2.24) is 29.7 Å². The first-order valence-corrected chi connectivity index (χ1v) is 6.57. The maximum atomic E-state index is 11.9. The Labute approximate surface area is 103 Å². The van der Waals surface area contributed by atoms with Crippen molar-refractivity contribution in [2.24, 2.45) is 0 Å². The van der Waals surface area contributed by atoms with Crippen LogP contribution in [0, 0.1) is 0 Å². The van der Waals surface area contributed by atoms with Crippen LogP contribution in [0.2, 0.25) is 0 Å². The molecule has 0 unspecified atom stereocenters. The predicted molar refractivity (Wildman–Crippen MR) is 59.7 cm³/mol. The van der Waals surface area contributed by atoms with Crippen molar-refractivity contribution in [2.45, 2.75) is 18.0 Å². The molecule has 0 aliphatic rings. The average molecular weight is 272 g/mol. The van der Waals surface area contributed by atoms with Crippen LogP contribution < -0.4 is 4.72 Å². The number of nitrogens with one attached hydrogen (secondary N) is 2. The Balaban J connectivity index is 2.05. The summed E-state index contributed by atoms with van der Waals surface area (Å²) in [4.78, 5) is 3.84. The smallest absolute Gasteiger partial charge is 0.244 e. The predicted octanol–water partition coefficient (Wildman–Crippen LogP) is -1.53. The number of hydrogen-bond donors (Lipinski definition) is 3. The molecule has 2 heterocycles. The quantitative estimate of drug-likeness (QED) is 0.586. The minimum atomic E-state index is -3.64. The molecular formula is C8H12N6O3S. The van der Waals surface area contributed by atoms with E-state index < -0.39 is 10.0 Å². The van der Waals surface area contributed by atoms with E-state index in [1.165, 1.54) is 23.4 Å². The van der Waals surface area contributed by atoms with E-state index in [1.54, 1.807) is 0 Å². The molecule has 0 amide bonds. The highest BCUT2D eigenvalue weighted by atomic mass is 32.2. The van der Waals surface area contributed by atoms with E-state index >= 15 is 0 Å². The minimum Gasteiger partial charge on any atom is -0.394 e. The van der Waals surface area contributed by atoms with Gasteiger partial charge < -0.3 is 5.11 Å². The van der Waals surface area contributed by atoms with Crippen molar-refractivity contribution >= 4 is 10.0 Å². The molecule has 0 radical (unpaired) electrons. The number of sulfonamides is 1. The van der Waals surface area contributed by atoms with Crippen LogP contribution in [0.15, 0.2) is 23.6 Å². The van der Waals surface area contributed by atoms with Gasteiger partial charge in [-0.1, -0.05) is 0 Å². The first kappa shape index (κ1) is 12.7. The standard InChI is InChI=1S/C8H12N6O3S/c15-2-1-14-5-7(3-11-14)18(16,17)12-4-8-9-6-10-13-8/h3,5-6,12,15H,1-2,4H2,(H,9,10,13). The Kier molecular flexibility index (Phi) is 3.69. The zero-order chi connectivity index (χ0) is 13.0. The van der Waals surface area contributed by atoms with Crippen molar-refractivity contribution in [2.75, 3.05) is 6.61 Å². The Morgan fingerprint density at radius 3 is 3.00 bits per heavy atom. The first-order chi connectivity index (χ1) is 8.62. The second kappa shape index (κ2) is 5.25. The van der Waals surface area contributed by atoms with Crippen LogP contribution in [0.25, 0.3) is 0 Å².